The van der Waals surface area contributed by atoms with Crippen molar-refractivity contribution in [1.29, 1.82) is 0 Å². The normalized spacial score (nSPS) is 15.9. The number of hydrogen-bond donors (Lipinski definition) is 0. The number of rotatable bonds is 4. The van der Waals surface area contributed by atoms with E-state index in [1.165, 1.54) is 18.2 Å². The Kier molecular flexibility index (Phi) is 6.22. The number of benzene rings is 2. The first kappa shape index (κ1) is 19.5. The minimum Gasteiger partial charge on any atom is -0.497 e. The third-order valence-corrected chi connectivity index (χ3v) is 5.69. The fourth-order valence-electron chi connectivity index (χ4n) is 3.32. The molecule has 142 valence electrons. The van der Waals surface area contributed by atoms with E-state index in [-0.39, 0.29) is 5.97 Å². The highest BCUT2D eigenvalue weighted by atomic mass is 79.9. The van der Waals surface area contributed by atoms with Gasteiger partial charge in [-0.05, 0) is 66.8 Å². The summed E-state index contributed by atoms with van der Waals surface area (Å²) >= 11 is 3.62. The summed E-state index contributed by atoms with van der Waals surface area (Å²) in [6.07, 6.45) is 3.56. The number of fused-ring (bicyclic) bond motifs is 1. The molecule has 27 heavy (non-hydrogen) atoms. The molecule has 0 N–H and O–H groups in total. The van der Waals surface area contributed by atoms with Gasteiger partial charge in [-0.15, -0.1) is 0 Å². The SMILES string of the molecule is COC(=O)/C1=C/c2cc(Br)c(C)cc2N(Cc2ccc(OC)cc2)CCC1. The van der Waals surface area contributed by atoms with Crippen molar-refractivity contribution >= 4 is 33.7 Å². The number of hydrogen-bond acceptors (Lipinski definition) is 4. The third kappa shape index (κ3) is 4.53. The number of methoxy groups -OCH3 is 2. The van der Waals surface area contributed by atoms with Gasteiger partial charge in [0.05, 0.1) is 14.2 Å². The van der Waals surface area contributed by atoms with Crippen molar-refractivity contribution < 1.29 is 14.3 Å². The van der Waals surface area contributed by atoms with E-state index in [1.807, 2.05) is 18.2 Å². The lowest BCUT2D eigenvalue weighted by Crippen LogP contribution is -2.26. The smallest absolute Gasteiger partial charge is 0.333 e. The van der Waals surface area contributed by atoms with Gasteiger partial charge in [0.1, 0.15) is 5.75 Å². The monoisotopic (exact) mass is 429 g/mol. The Labute approximate surface area is 168 Å². The van der Waals surface area contributed by atoms with E-state index in [2.05, 4.69) is 52.0 Å². The molecule has 0 bridgehead atoms. The van der Waals surface area contributed by atoms with Crippen molar-refractivity contribution in [2.75, 3.05) is 25.7 Å². The Morgan fingerprint density at radius 3 is 2.59 bits per heavy atom. The molecule has 5 heteroatoms. The summed E-state index contributed by atoms with van der Waals surface area (Å²) in [6, 6.07) is 12.4. The summed E-state index contributed by atoms with van der Waals surface area (Å²) in [5, 5.41) is 0. The van der Waals surface area contributed by atoms with E-state index >= 15 is 0 Å². The molecule has 0 aliphatic carbocycles. The highest BCUT2D eigenvalue weighted by molar-refractivity contribution is 9.10. The number of ether oxygens (including phenoxy) is 2. The molecule has 0 aromatic heterocycles. The van der Waals surface area contributed by atoms with Crippen LogP contribution in [0.3, 0.4) is 0 Å². The quantitative estimate of drug-likeness (QED) is 0.631. The van der Waals surface area contributed by atoms with Gasteiger partial charge < -0.3 is 14.4 Å². The molecule has 0 radical (unpaired) electrons. The topological polar surface area (TPSA) is 38.8 Å². The second-order valence-electron chi connectivity index (χ2n) is 6.69. The molecule has 0 saturated carbocycles. The van der Waals surface area contributed by atoms with Gasteiger partial charge in [-0.2, -0.15) is 0 Å². The van der Waals surface area contributed by atoms with E-state index in [1.54, 1.807) is 7.11 Å². The predicted molar refractivity (Wildman–Crippen MR) is 112 cm³/mol. The van der Waals surface area contributed by atoms with Crippen molar-refractivity contribution in [2.24, 2.45) is 0 Å². The van der Waals surface area contributed by atoms with Gasteiger partial charge in [0.15, 0.2) is 0 Å². The highest BCUT2D eigenvalue weighted by Crippen LogP contribution is 2.33. The van der Waals surface area contributed by atoms with Crippen molar-refractivity contribution in [1.82, 2.24) is 0 Å². The van der Waals surface area contributed by atoms with Crippen LogP contribution in [0, 0.1) is 6.92 Å². The van der Waals surface area contributed by atoms with Crippen molar-refractivity contribution in [3.8, 4) is 5.75 Å². The summed E-state index contributed by atoms with van der Waals surface area (Å²) in [5.74, 6) is 0.610. The van der Waals surface area contributed by atoms with Crippen LogP contribution in [0.15, 0.2) is 46.4 Å². The molecule has 0 unspecified atom stereocenters. The van der Waals surface area contributed by atoms with Gasteiger partial charge in [0, 0.05) is 28.8 Å². The summed E-state index contributed by atoms with van der Waals surface area (Å²) in [5.41, 5.74) is 5.27. The average Bonchev–Trinajstić information content (AvgIpc) is 2.67. The maximum Gasteiger partial charge on any atom is 0.333 e. The molecule has 0 fully saturated rings. The first-order valence-corrected chi connectivity index (χ1v) is 9.78. The highest BCUT2D eigenvalue weighted by Gasteiger charge is 2.19. The number of carbonyl (C=O) groups is 1. The standard InChI is InChI=1S/C22H24BrNO3/c1-15-11-21-18(13-20(15)23)12-17(22(25)27-3)5-4-10-24(21)14-16-6-8-19(26-2)9-7-16/h6-9,11-13H,4-5,10,14H2,1-3H3/b17-12+. The number of aryl methyl sites for hydroxylation is 1. The van der Waals surface area contributed by atoms with E-state index in [0.29, 0.717) is 6.42 Å². The zero-order valence-corrected chi connectivity index (χ0v) is 17.5. The molecule has 3 rings (SSSR count). The van der Waals surface area contributed by atoms with Crippen LogP contribution in [0.1, 0.15) is 29.5 Å². The zero-order chi connectivity index (χ0) is 19.4. The Balaban J connectivity index is 1.99. The number of halogens is 1. The first-order valence-electron chi connectivity index (χ1n) is 8.98. The molecule has 2 aromatic rings. The molecule has 1 heterocycles. The first-order chi connectivity index (χ1) is 13.0. The van der Waals surface area contributed by atoms with Gasteiger partial charge in [0.2, 0.25) is 0 Å². The summed E-state index contributed by atoms with van der Waals surface area (Å²) < 4.78 is 11.2. The lowest BCUT2D eigenvalue weighted by molar-refractivity contribution is -0.136. The summed E-state index contributed by atoms with van der Waals surface area (Å²) in [6.45, 7) is 3.76. The Morgan fingerprint density at radius 2 is 1.93 bits per heavy atom. The minimum atomic E-state index is -0.249. The van der Waals surface area contributed by atoms with E-state index in [0.717, 1.165) is 46.6 Å². The van der Waals surface area contributed by atoms with Crippen molar-refractivity contribution in [3.05, 3.63) is 63.1 Å². The van der Waals surface area contributed by atoms with Crippen LogP contribution in [-0.2, 0) is 16.1 Å². The number of anilines is 1. The molecule has 1 aliphatic rings. The molecule has 4 nitrogen and oxygen atoms in total. The van der Waals surface area contributed by atoms with Gasteiger partial charge in [0.25, 0.3) is 0 Å². The molecule has 0 amide bonds. The second kappa shape index (κ2) is 8.61. The predicted octanol–water partition coefficient (Wildman–Crippen LogP) is 5.12. The average molecular weight is 430 g/mol. The molecule has 0 atom stereocenters. The van der Waals surface area contributed by atoms with E-state index < -0.39 is 0 Å². The molecule has 2 aromatic carbocycles. The molecule has 0 saturated heterocycles. The maximum absolute atomic E-state index is 12.1. The molecular weight excluding hydrogens is 406 g/mol. The van der Waals surface area contributed by atoms with Crippen LogP contribution >= 0.6 is 15.9 Å². The zero-order valence-electron chi connectivity index (χ0n) is 15.9. The van der Waals surface area contributed by atoms with E-state index in [9.17, 15) is 4.79 Å². The fraction of sp³-hybridized carbons (Fsp3) is 0.318. The molecule has 1 aliphatic heterocycles. The van der Waals surface area contributed by atoms with Crippen LogP contribution in [-0.4, -0.2) is 26.7 Å². The van der Waals surface area contributed by atoms with E-state index in [4.69, 9.17) is 9.47 Å². The number of esters is 1. The maximum atomic E-state index is 12.1. The van der Waals surface area contributed by atoms with Gasteiger partial charge in [-0.1, -0.05) is 28.1 Å². The summed E-state index contributed by atoms with van der Waals surface area (Å²) in [7, 11) is 3.11. The van der Waals surface area contributed by atoms with Crippen LogP contribution < -0.4 is 9.64 Å². The Morgan fingerprint density at radius 1 is 1.19 bits per heavy atom. The van der Waals surface area contributed by atoms with Gasteiger partial charge in [-0.3, -0.25) is 0 Å². The Hall–Kier alpha value is -2.27. The van der Waals surface area contributed by atoms with Crippen molar-refractivity contribution in [2.45, 2.75) is 26.3 Å². The molecule has 0 spiro atoms. The van der Waals surface area contributed by atoms with Gasteiger partial charge >= 0.3 is 5.97 Å². The lowest BCUT2D eigenvalue weighted by atomic mass is 9.99. The lowest BCUT2D eigenvalue weighted by Gasteiger charge is -2.29. The van der Waals surface area contributed by atoms with Crippen molar-refractivity contribution in [3.63, 3.8) is 0 Å². The third-order valence-electron chi connectivity index (χ3n) is 4.83. The second-order valence-corrected chi connectivity index (χ2v) is 7.55. The minimum absolute atomic E-state index is 0.249. The number of nitrogens with zero attached hydrogens (tertiary/aromatic N) is 1. The van der Waals surface area contributed by atoms with Gasteiger partial charge in [-0.25, -0.2) is 4.79 Å². The fourth-order valence-corrected chi connectivity index (χ4v) is 3.68. The molecular formula is C22H24BrNO3. The largest absolute Gasteiger partial charge is 0.497 e. The van der Waals surface area contributed by atoms with Crippen LogP contribution in [0.4, 0.5) is 5.69 Å². The number of carbonyl (C=O) groups excluding carboxylic acids is 1. The summed E-state index contributed by atoms with van der Waals surface area (Å²) in [4.78, 5) is 14.5. The van der Waals surface area contributed by atoms with Crippen LogP contribution in [0.25, 0.3) is 6.08 Å². The van der Waals surface area contributed by atoms with Crippen LogP contribution in [0.5, 0.6) is 5.75 Å². The van der Waals surface area contributed by atoms with Crippen LogP contribution in [0.2, 0.25) is 0 Å². The Bertz CT molecular complexity index is 859.